The zero-order valence-electron chi connectivity index (χ0n) is 11.0. The van der Waals surface area contributed by atoms with Crippen molar-refractivity contribution in [3.63, 3.8) is 0 Å². The highest BCUT2D eigenvalue weighted by molar-refractivity contribution is 5.95. The van der Waals surface area contributed by atoms with Crippen LogP contribution < -0.4 is 11.1 Å². The Hall–Kier alpha value is -1.87. The van der Waals surface area contributed by atoms with E-state index < -0.39 is 37.6 Å². The van der Waals surface area contributed by atoms with E-state index in [0.29, 0.717) is 0 Å². The summed E-state index contributed by atoms with van der Waals surface area (Å²) in [6.45, 7) is -2.70. The van der Waals surface area contributed by atoms with Crippen molar-refractivity contribution in [2.45, 2.75) is 6.18 Å². The Kier molecular flexibility index (Phi) is 5.91. The number of rotatable bonds is 6. The Morgan fingerprint density at radius 1 is 1.38 bits per heavy atom. The van der Waals surface area contributed by atoms with Crippen LogP contribution in [0.4, 0.5) is 28.9 Å². The van der Waals surface area contributed by atoms with Gasteiger partial charge in [-0.25, -0.2) is 4.39 Å². The van der Waals surface area contributed by atoms with E-state index in [1.54, 1.807) is 0 Å². The number of nitrogens with one attached hydrogen (secondary N) is 1. The molecule has 0 fully saturated rings. The lowest BCUT2D eigenvalue weighted by Gasteiger charge is -2.22. The second-order valence-electron chi connectivity index (χ2n) is 4.33. The number of carbonyl (C=O) groups excluding carboxylic acids is 1. The number of aliphatic hydroxyl groups is 1. The maximum Gasteiger partial charge on any atom is 0.401 e. The number of nitrogens with two attached hydrogens (primary N) is 1. The van der Waals surface area contributed by atoms with Gasteiger partial charge < -0.3 is 16.2 Å². The molecule has 0 unspecified atom stereocenters. The first-order valence-corrected chi connectivity index (χ1v) is 5.96. The fourth-order valence-electron chi connectivity index (χ4n) is 1.65. The van der Waals surface area contributed by atoms with Crippen LogP contribution in [0.1, 0.15) is 0 Å². The molecule has 118 valence electrons. The van der Waals surface area contributed by atoms with E-state index in [1.807, 2.05) is 0 Å². The number of alkyl halides is 3. The van der Waals surface area contributed by atoms with Crippen molar-refractivity contribution in [2.24, 2.45) is 0 Å². The van der Waals surface area contributed by atoms with Gasteiger partial charge in [0.05, 0.1) is 31.1 Å². The summed E-state index contributed by atoms with van der Waals surface area (Å²) in [4.78, 5) is 12.4. The number of carbonyl (C=O) groups is 1. The van der Waals surface area contributed by atoms with Crippen LogP contribution in [-0.4, -0.2) is 48.3 Å². The molecule has 0 bridgehead atoms. The van der Waals surface area contributed by atoms with Gasteiger partial charge in [-0.15, -0.1) is 0 Å². The van der Waals surface area contributed by atoms with Gasteiger partial charge in [0.15, 0.2) is 0 Å². The lowest BCUT2D eigenvalue weighted by molar-refractivity contribution is -0.148. The van der Waals surface area contributed by atoms with Crippen molar-refractivity contribution in [3.8, 4) is 0 Å². The fourth-order valence-corrected chi connectivity index (χ4v) is 1.65. The number of hydrogen-bond acceptors (Lipinski definition) is 4. The first-order valence-electron chi connectivity index (χ1n) is 5.96. The van der Waals surface area contributed by atoms with Crippen molar-refractivity contribution in [2.75, 3.05) is 37.3 Å². The molecule has 9 heteroatoms. The lowest BCUT2D eigenvalue weighted by atomic mass is 10.2. The monoisotopic (exact) mass is 309 g/mol. The summed E-state index contributed by atoms with van der Waals surface area (Å²) in [7, 11) is 0. The van der Waals surface area contributed by atoms with E-state index in [-0.39, 0.29) is 17.9 Å². The van der Waals surface area contributed by atoms with Crippen LogP contribution in [0.5, 0.6) is 0 Å². The molecule has 1 aromatic rings. The van der Waals surface area contributed by atoms with Crippen molar-refractivity contribution in [1.82, 2.24) is 4.90 Å². The summed E-state index contributed by atoms with van der Waals surface area (Å²) < 4.78 is 49.7. The summed E-state index contributed by atoms with van der Waals surface area (Å²) >= 11 is 0. The highest BCUT2D eigenvalue weighted by Gasteiger charge is 2.31. The van der Waals surface area contributed by atoms with E-state index in [9.17, 15) is 22.4 Å². The van der Waals surface area contributed by atoms with Gasteiger partial charge in [-0.3, -0.25) is 9.69 Å². The first kappa shape index (κ1) is 17.2. The third-order valence-electron chi connectivity index (χ3n) is 2.47. The van der Waals surface area contributed by atoms with Gasteiger partial charge in [0.1, 0.15) is 5.82 Å². The SMILES string of the molecule is Nc1cc(F)ccc1NC(=O)CN(CCO)CC(F)(F)F. The molecule has 4 N–H and O–H groups in total. The number of halogens is 4. The topological polar surface area (TPSA) is 78.6 Å². The zero-order chi connectivity index (χ0) is 16.0. The summed E-state index contributed by atoms with van der Waals surface area (Å²) in [6, 6.07) is 3.26. The predicted octanol–water partition coefficient (Wildman–Crippen LogP) is 1.20. The molecule has 1 amide bonds. The van der Waals surface area contributed by atoms with E-state index in [4.69, 9.17) is 10.8 Å². The third-order valence-corrected chi connectivity index (χ3v) is 2.47. The van der Waals surface area contributed by atoms with Gasteiger partial charge in [0.2, 0.25) is 5.91 Å². The van der Waals surface area contributed by atoms with Crippen molar-refractivity contribution in [3.05, 3.63) is 24.0 Å². The number of nitrogens with zero attached hydrogens (tertiary/aromatic N) is 1. The quantitative estimate of drug-likeness (QED) is 0.545. The van der Waals surface area contributed by atoms with Crippen molar-refractivity contribution in [1.29, 1.82) is 0 Å². The molecule has 5 nitrogen and oxygen atoms in total. The molecule has 0 aromatic heterocycles. The van der Waals surface area contributed by atoms with Crippen LogP contribution in [0, 0.1) is 5.82 Å². The standard InChI is InChI=1S/C12H15F4N3O2/c13-8-1-2-10(9(17)5-8)18-11(21)6-19(3-4-20)7-12(14,15)16/h1-2,5,20H,3-4,6-7,17H2,(H,18,21). The molecular formula is C12H15F4N3O2. The summed E-state index contributed by atoms with van der Waals surface area (Å²) in [5, 5.41) is 11.0. The highest BCUT2D eigenvalue weighted by atomic mass is 19.4. The molecule has 1 rings (SSSR count). The number of anilines is 2. The second kappa shape index (κ2) is 7.23. The van der Waals surface area contributed by atoms with E-state index >= 15 is 0 Å². The van der Waals surface area contributed by atoms with Gasteiger partial charge in [0.25, 0.3) is 0 Å². The first-order chi connectivity index (χ1) is 9.71. The van der Waals surface area contributed by atoms with Gasteiger partial charge in [-0.05, 0) is 18.2 Å². The smallest absolute Gasteiger partial charge is 0.397 e. The minimum Gasteiger partial charge on any atom is -0.397 e. The molecular weight excluding hydrogens is 294 g/mol. The largest absolute Gasteiger partial charge is 0.401 e. The van der Waals surface area contributed by atoms with Crippen LogP contribution in [0.25, 0.3) is 0 Å². The molecule has 0 spiro atoms. The molecule has 0 aliphatic heterocycles. The number of hydrogen-bond donors (Lipinski definition) is 3. The normalized spacial score (nSPS) is 11.7. The minimum atomic E-state index is -4.48. The van der Waals surface area contributed by atoms with Crippen LogP contribution in [-0.2, 0) is 4.79 Å². The van der Waals surface area contributed by atoms with Crippen LogP contribution >= 0.6 is 0 Å². The van der Waals surface area contributed by atoms with Crippen LogP contribution in [0.3, 0.4) is 0 Å². The predicted molar refractivity (Wildman–Crippen MR) is 69.0 cm³/mol. The maximum atomic E-state index is 12.8. The highest BCUT2D eigenvalue weighted by Crippen LogP contribution is 2.19. The molecule has 0 radical (unpaired) electrons. The van der Waals surface area contributed by atoms with Crippen molar-refractivity contribution < 1.29 is 27.5 Å². The molecule has 0 saturated heterocycles. The Morgan fingerprint density at radius 3 is 2.57 bits per heavy atom. The molecule has 1 aromatic carbocycles. The number of nitrogen functional groups attached to an aromatic ring is 1. The lowest BCUT2D eigenvalue weighted by Crippen LogP contribution is -2.41. The Balaban J connectivity index is 2.65. The molecule has 0 atom stereocenters. The number of benzene rings is 1. The fraction of sp³-hybridized carbons (Fsp3) is 0.417. The molecule has 21 heavy (non-hydrogen) atoms. The molecule has 0 heterocycles. The Labute approximate surface area is 118 Å². The Bertz CT molecular complexity index is 494. The van der Waals surface area contributed by atoms with Gasteiger partial charge in [-0.1, -0.05) is 0 Å². The molecule has 0 aliphatic rings. The van der Waals surface area contributed by atoms with Crippen LogP contribution in [0.15, 0.2) is 18.2 Å². The Morgan fingerprint density at radius 2 is 2.05 bits per heavy atom. The maximum absolute atomic E-state index is 12.8. The molecule has 0 aliphatic carbocycles. The van der Waals surface area contributed by atoms with Gasteiger partial charge in [0, 0.05) is 6.54 Å². The van der Waals surface area contributed by atoms with Crippen LogP contribution in [0.2, 0.25) is 0 Å². The van der Waals surface area contributed by atoms with Gasteiger partial charge in [-0.2, -0.15) is 13.2 Å². The summed E-state index contributed by atoms with van der Waals surface area (Å²) in [5.41, 5.74) is 5.55. The van der Waals surface area contributed by atoms with E-state index in [0.717, 1.165) is 17.0 Å². The average molecular weight is 309 g/mol. The number of amides is 1. The third kappa shape index (κ3) is 6.41. The molecule has 0 saturated carbocycles. The van der Waals surface area contributed by atoms with Crippen molar-refractivity contribution >= 4 is 17.3 Å². The second-order valence-corrected chi connectivity index (χ2v) is 4.33. The minimum absolute atomic E-state index is 0.0344. The average Bonchev–Trinajstić information content (AvgIpc) is 2.31. The van der Waals surface area contributed by atoms with Gasteiger partial charge >= 0.3 is 6.18 Å². The summed E-state index contributed by atoms with van der Waals surface area (Å²) in [5.74, 6) is -1.34. The zero-order valence-corrected chi connectivity index (χ0v) is 11.0. The number of aliphatic hydroxyl groups excluding tert-OH is 1. The van der Waals surface area contributed by atoms with E-state index in [2.05, 4.69) is 5.32 Å². The summed E-state index contributed by atoms with van der Waals surface area (Å²) in [6.07, 6.45) is -4.48. The van der Waals surface area contributed by atoms with E-state index in [1.165, 1.54) is 6.07 Å².